The van der Waals surface area contributed by atoms with Crippen LogP contribution in [-0.4, -0.2) is 96.7 Å². The molecule has 0 aliphatic carbocycles. The van der Waals surface area contributed by atoms with Crippen molar-refractivity contribution in [2.24, 2.45) is 17.8 Å². The summed E-state index contributed by atoms with van der Waals surface area (Å²) in [7, 11) is -9.92. The van der Waals surface area contributed by atoms with Gasteiger partial charge in [-0.15, -0.1) is 0 Å². The fourth-order valence-electron chi connectivity index (χ4n) is 12.1. The van der Waals surface area contributed by atoms with E-state index in [0.717, 1.165) is 108 Å². The van der Waals surface area contributed by atoms with E-state index in [1.165, 1.54) is 218 Å². The van der Waals surface area contributed by atoms with Gasteiger partial charge in [0, 0.05) is 25.7 Å². The fraction of sp³-hybridized carbons (Fsp3) is 0.949. The summed E-state index contributed by atoms with van der Waals surface area (Å²) in [6.07, 6.45) is 56.9. The minimum absolute atomic E-state index is 0.105. The van der Waals surface area contributed by atoms with Crippen LogP contribution < -0.4 is 0 Å². The first-order valence-corrected chi connectivity index (χ1v) is 43.9. The van der Waals surface area contributed by atoms with E-state index in [9.17, 15) is 43.2 Å². The van der Waals surface area contributed by atoms with Gasteiger partial charge in [0.15, 0.2) is 12.2 Å². The number of hydrogen-bond donors (Lipinski definition) is 3. The zero-order valence-corrected chi connectivity index (χ0v) is 66.0. The van der Waals surface area contributed by atoms with Crippen molar-refractivity contribution in [3.63, 3.8) is 0 Å². The number of phosphoric ester groups is 2. The van der Waals surface area contributed by atoms with Crippen LogP contribution in [0.1, 0.15) is 408 Å². The SMILES string of the molecule is CCCCCCCCCCCCCCCCCCCCCCC(=O)O[C@H](COC(=O)CCCCCCCCCCCCCC(C)C)COP(=O)(O)OC[C@@H](O)COP(=O)(O)OC[C@@H](COC(=O)CCCCCCCCCCC(C)CC)OC(=O)CCCCCCCCCCCC(C)C. The Bertz CT molecular complexity index is 1910. The molecular formula is C79H154O17P2. The van der Waals surface area contributed by atoms with Crippen LogP contribution in [0.15, 0.2) is 0 Å². The Labute approximate surface area is 600 Å². The summed E-state index contributed by atoms with van der Waals surface area (Å²) in [6.45, 7) is 11.9. The van der Waals surface area contributed by atoms with E-state index < -0.39 is 97.5 Å². The molecule has 0 rings (SSSR count). The monoisotopic (exact) mass is 1440 g/mol. The van der Waals surface area contributed by atoms with Gasteiger partial charge in [-0.3, -0.25) is 37.3 Å². The number of aliphatic hydroxyl groups is 1. The van der Waals surface area contributed by atoms with Gasteiger partial charge in [0.05, 0.1) is 26.4 Å². The molecule has 0 aromatic carbocycles. The molecule has 19 heteroatoms. The standard InChI is InChI=1S/C79H154O17P2/c1-8-10-11-12-13-14-15-16-17-18-19-20-21-22-23-26-32-41-48-55-62-78(83)95-74(66-89-76(81)60-53-46-39-31-27-24-25-29-36-43-50-57-70(3)4)68-93-97(85,86)91-64-73(80)65-92-98(87,88)94-69-75(96-79(84)63-56-49-42-33-28-30-37-44-51-58-71(5)6)67-90-77(82)61-54-47-40-35-34-38-45-52-59-72(7)9-2/h70-75,80H,8-69H2,1-7H3,(H,85,86)(H,87,88)/t72?,73-,74-,75-/m1/s1. The summed E-state index contributed by atoms with van der Waals surface area (Å²) in [6, 6.07) is 0. The van der Waals surface area contributed by atoms with Gasteiger partial charge in [-0.2, -0.15) is 0 Å². The second kappa shape index (κ2) is 69.4. The normalized spacial score (nSPS) is 14.3. The zero-order chi connectivity index (χ0) is 72.3. The molecule has 6 atom stereocenters. The lowest BCUT2D eigenvalue weighted by Crippen LogP contribution is -2.30. The van der Waals surface area contributed by atoms with Crippen LogP contribution in [0, 0.1) is 17.8 Å². The van der Waals surface area contributed by atoms with Gasteiger partial charge < -0.3 is 33.8 Å². The highest BCUT2D eigenvalue weighted by molar-refractivity contribution is 7.47. The molecule has 0 aliphatic heterocycles. The number of hydrogen-bond acceptors (Lipinski definition) is 15. The molecule has 3 N–H and O–H groups in total. The smallest absolute Gasteiger partial charge is 0.462 e. The van der Waals surface area contributed by atoms with Crippen molar-refractivity contribution >= 4 is 39.5 Å². The number of carbonyl (C=O) groups is 4. The van der Waals surface area contributed by atoms with Crippen molar-refractivity contribution in [1.29, 1.82) is 0 Å². The highest BCUT2D eigenvalue weighted by Crippen LogP contribution is 2.45. The second-order valence-corrected chi connectivity index (χ2v) is 32.6. The van der Waals surface area contributed by atoms with E-state index in [-0.39, 0.29) is 25.7 Å². The number of aliphatic hydroxyl groups excluding tert-OH is 1. The average molecular weight is 1440 g/mol. The lowest BCUT2D eigenvalue weighted by molar-refractivity contribution is -0.161. The Morgan fingerprint density at radius 3 is 0.776 bits per heavy atom. The highest BCUT2D eigenvalue weighted by Gasteiger charge is 2.30. The van der Waals surface area contributed by atoms with Gasteiger partial charge in [-0.25, -0.2) is 9.13 Å². The van der Waals surface area contributed by atoms with Crippen molar-refractivity contribution in [2.75, 3.05) is 39.6 Å². The molecule has 0 amide bonds. The van der Waals surface area contributed by atoms with E-state index in [0.29, 0.717) is 25.7 Å². The van der Waals surface area contributed by atoms with Gasteiger partial charge in [-0.05, 0) is 43.4 Å². The first-order chi connectivity index (χ1) is 47.3. The second-order valence-electron chi connectivity index (χ2n) is 29.6. The van der Waals surface area contributed by atoms with Crippen LogP contribution in [0.2, 0.25) is 0 Å². The summed E-state index contributed by atoms with van der Waals surface area (Å²) in [5, 5.41) is 10.6. The fourth-order valence-corrected chi connectivity index (χ4v) is 13.7. The molecule has 0 heterocycles. The number of unbranched alkanes of at least 4 members (excludes halogenated alkanes) is 44. The lowest BCUT2D eigenvalue weighted by atomic mass is 9.99. The highest BCUT2D eigenvalue weighted by atomic mass is 31.2. The van der Waals surface area contributed by atoms with Crippen LogP contribution in [0.25, 0.3) is 0 Å². The first-order valence-electron chi connectivity index (χ1n) is 40.9. The topological polar surface area (TPSA) is 237 Å². The molecule has 0 aliphatic rings. The maximum Gasteiger partial charge on any atom is 0.472 e. The molecule has 0 fully saturated rings. The summed E-state index contributed by atoms with van der Waals surface area (Å²) >= 11 is 0. The number of ether oxygens (including phenoxy) is 4. The van der Waals surface area contributed by atoms with E-state index in [4.69, 9.17) is 37.0 Å². The van der Waals surface area contributed by atoms with Gasteiger partial charge in [0.2, 0.25) is 0 Å². The largest absolute Gasteiger partial charge is 0.472 e. The third kappa shape index (κ3) is 71.1. The molecule has 98 heavy (non-hydrogen) atoms. The van der Waals surface area contributed by atoms with Gasteiger partial charge in [0.25, 0.3) is 0 Å². The quantitative estimate of drug-likeness (QED) is 0.0222. The molecule has 0 radical (unpaired) electrons. The maximum atomic E-state index is 13.1. The average Bonchev–Trinajstić information content (AvgIpc) is 1.04. The minimum atomic E-state index is -4.96. The zero-order valence-electron chi connectivity index (χ0n) is 64.3. The summed E-state index contributed by atoms with van der Waals surface area (Å²) in [4.78, 5) is 72.9. The summed E-state index contributed by atoms with van der Waals surface area (Å²) in [5.74, 6) is 0.170. The molecule has 0 spiro atoms. The Balaban J connectivity index is 5.24. The van der Waals surface area contributed by atoms with Crippen molar-refractivity contribution < 1.29 is 80.2 Å². The molecule has 0 aromatic heterocycles. The maximum absolute atomic E-state index is 13.1. The number of esters is 4. The van der Waals surface area contributed by atoms with Gasteiger partial charge in [-0.1, -0.05) is 357 Å². The van der Waals surface area contributed by atoms with Crippen LogP contribution in [-0.2, 0) is 65.4 Å². The molecule has 0 saturated carbocycles. The predicted molar refractivity (Wildman–Crippen MR) is 400 cm³/mol. The van der Waals surface area contributed by atoms with E-state index in [1.54, 1.807) is 0 Å². The Morgan fingerprint density at radius 1 is 0.296 bits per heavy atom. The molecule has 17 nitrogen and oxygen atoms in total. The van der Waals surface area contributed by atoms with Crippen molar-refractivity contribution in [3.8, 4) is 0 Å². The number of rotatable bonds is 77. The van der Waals surface area contributed by atoms with Gasteiger partial charge in [0.1, 0.15) is 19.3 Å². The third-order valence-electron chi connectivity index (χ3n) is 18.7. The van der Waals surface area contributed by atoms with Crippen LogP contribution in [0.3, 0.4) is 0 Å². The Morgan fingerprint density at radius 2 is 0.520 bits per heavy atom. The Kier molecular flexibility index (Phi) is 68.1. The molecule has 0 bridgehead atoms. The molecule has 0 aromatic rings. The van der Waals surface area contributed by atoms with Crippen LogP contribution >= 0.6 is 15.6 Å². The number of carbonyl (C=O) groups excluding carboxylic acids is 4. The van der Waals surface area contributed by atoms with E-state index >= 15 is 0 Å². The summed E-state index contributed by atoms with van der Waals surface area (Å²) in [5.41, 5.74) is 0. The van der Waals surface area contributed by atoms with E-state index in [1.807, 2.05) is 0 Å². The molecule has 3 unspecified atom stereocenters. The third-order valence-corrected chi connectivity index (χ3v) is 20.6. The van der Waals surface area contributed by atoms with E-state index in [2.05, 4.69) is 48.5 Å². The van der Waals surface area contributed by atoms with Crippen molar-refractivity contribution in [2.45, 2.75) is 426 Å². The minimum Gasteiger partial charge on any atom is -0.462 e. The van der Waals surface area contributed by atoms with Crippen molar-refractivity contribution in [1.82, 2.24) is 0 Å². The lowest BCUT2D eigenvalue weighted by Gasteiger charge is -2.21. The van der Waals surface area contributed by atoms with Crippen molar-refractivity contribution in [3.05, 3.63) is 0 Å². The molecule has 0 saturated heterocycles. The number of phosphoric acid groups is 2. The first kappa shape index (κ1) is 96.1. The molecule has 582 valence electrons. The summed E-state index contributed by atoms with van der Waals surface area (Å²) < 4.78 is 68.6. The Hall–Kier alpha value is -1.94. The molecular weight excluding hydrogens is 1280 g/mol. The predicted octanol–water partition coefficient (Wildman–Crippen LogP) is 23.4. The van der Waals surface area contributed by atoms with Crippen LogP contribution in [0.4, 0.5) is 0 Å². The van der Waals surface area contributed by atoms with Crippen LogP contribution in [0.5, 0.6) is 0 Å². The van der Waals surface area contributed by atoms with Gasteiger partial charge >= 0.3 is 39.5 Å².